The summed E-state index contributed by atoms with van der Waals surface area (Å²) in [7, 11) is 3.52. The van der Waals surface area contributed by atoms with Crippen LogP contribution in [0.5, 0.6) is 5.75 Å². The maximum Gasteiger partial charge on any atom is 0.325 e. The molecule has 2 aromatic carbocycles. The largest absolute Gasteiger partial charge is 0.489 e. The van der Waals surface area contributed by atoms with E-state index in [9.17, 15) is 14.7 Å². The first-order chi connectivity index (χ1) is 16.4. The summed E-state index contributed by atoms with van der Waals surface area (Å²) in [5.41, 5.74) is 2.70. The zero-order valence-electron chi connectivity index (χ0n) is 19.7. The standard InChI is InChI=1S/C26H32N4O4/c1-28(2)24(31)10-11-29-12-14-30(15-13-29)25(26(32)33)22-17-27-23-9-8-20(16-21(22)23)34-18-19-6-4-3-5-7-19/h3-9,16-17,25,27H,10-15,18H2,1-2H3,(H,32,33). The van der Waals surface area contributed by atoms with Crippen LogP contribution in [-0.2, 0) is 16.2 Å². The van der Waals surface area contributed by atoms with Gasteiger partial charge in [0.15, 0.2) is 0 Å². The zero-order valence-corrected chi connectivity index (χ0v) is 19.7. The Bertz CT molecular complexity index is 1120. The van der Waals surface area contributed by atoms with E-state index in [4.69, 9.17) is 4.74 Å². The van der Waals surface area contributed by atoms with Gasteiger partial charge in [0.05, 0.1) is 0 Å². The third-order valence-electron chi connectivity index (χ3n) is 6.37. The number of hydrogen-bond acceptors (Lipinski definition) is 5. The van der Waals surface area contributed by atoms with Crippen LogP contribution in [0.4, 0.5) is 0 Å². The van der Waals surface area contributed by atoms with Gasteiger partial charge in [0.1, 0.15) is 18.4 Å². The fraction of sp³-hybridized carbons (Fsp3) is 0.385. The molecule has 0 radical (unpaired) electrons. The van der Waals surface area contributed by atoms with Crippen molar-refractivity contribution in [2.45, 2.75) is 19.1 Å². The molecule has 1 unspecified atom stereocenters. The third-order valence-corrected chi connectivity index (χ3v) is 6.37. The summed E-state index contributed by atoms with van der Waals surface area (Å²) in [5, 5.41) is 11.0. The molecule has 1 atom stereocenters. The number of nitrogens with one attached hydrogen (secondary N) is 1. The number of carboxylic acid groups (broad SMARTS) is 1. The van der Waals surface area contributed by atoms with E-state index in [1.165, 1.54) is 0 Å². The summed E-state index contributed by atoms with van der Waals surface area (Å²) >= 11 is 0. The van der Waals surface area contributed by atoms with Gasteiger partial charge in [0.2, 0.25) is 5.91 Å². The van der Waals surface area contributed by atoms with Crippen molar-refractivity contribution in [3.05, 3.63) is 65.9 Å². The number of carboxylic acids is 1. The van der Waals surface area contributed by atoms with Crippen molar-refractivity contribution in [3.63, 3.8) is 0 Å². The lowest BCUT2D eigenvalue weighted by Gasteiger charge is -2.37. The van der Waals surface area contributed by atoms with E-state index in [1.807, 2.05) is 53.4 Å². The molecule has 3 aromatic rings. The first-order valence-electron chi connectivity index (χ1n) is 11.6. The predicted octanol–water partition coefficient (Wildman–Crippen LogP) is 2.97. The second-order valence-corrected chi connectivity index (χ2v) is 8.88. The fourth-order valence-electron chi connectivity index (χ4n) is 4.39. The maximum atomic E-state index is 12.4. The van der Waals surface area contributed by atoms with Gasteiger partial charge >= 0.3 is 5.97 Å². The van der Waals surface area contributed by atoms with Crippen LogP contribution in [0.1, 0.15) is 23.6 Å². The number of rotatable bonds is 9. The topological polar surface area (TPSA) is 89.1 Å². The number of nitrogens with zero attached hydrogens (tertiary/aromatic N) is 3. The SMILES string of the molecule is CN(C)C(=O)CCN1CCN(C(C(=O)O)c2c[nH]c3ccc(OCc4ccccc4)cc23)CC1. The van der Waals surface area contributed by atoms with Crippen molar-refractivity contribution in [2.24, 2.45) is 0 Å². The Morgan fingerprint density at radius 1 is 1.09 bits per heavy atom. The van der Waals surface area contributed by atoms with E-state index in [-0.39, 0.29) is 5.91 Å². The molecule has 0 bridgehead atoms. The van der Waals surface area contributed by atoms with Gasteiger partial charge in [-0.1, -0.05) is 30.3 Å². The monoisotopic (exact) mass is 464 g/mol. The predicted molar refractivity (Wildman–Crippen MR) is 131 cm³/mol. The molecule has 8 nitrogen and oxygen atoms in total. The fourth-order valence-corrected chi connectivity index (χ4v) is 4.39. The van der Waals surface area contributed by atoms with E-state index in [1.54, 1.807) is 25.2 Å². The van der Waals surface area contributed by atoms with Gasteiger partial charge in [-0.3, -0.25) is 14.5 Å². The highest BCUT2D eigenvalue weighted by Gasteiger charge is 2.32. The average Bonchev–Trinajstić information content (AvgIpc) is 3.25. The summed E-state index contributed by atoms with van der Waals surface area (Å²) in [4.78, 5) is 33.3. The second kappa shape index (κ2) is 10.7. The lowest BCUT2D eigenvalue weighted by atomic mass is 10.0. The summed E-state index contributed by atoms with van der Waals surface area (Å²) in [6.45, 7) is 3.87. The molecular weight excluding hydrogens is 432 g/mol. The molecule has 8 heteroatoms. The van der Waals surface area contributed by atoms with E-state index >= 15 is 0 Å². The van der Waals surface area contributed by atoms with Gasteiger partial charge < -0.3 is 24.6 Å². The number of piperazine rings is 1. The minimum absolute atomic E-state index is 0.106. The summed E-state index contributed by atoms with van der Waals surface area (Å²) < 4.78 is 5.97. The van der Waals surface area contributed by atoms with Crippen LogP contribution in [0.15, 0.2) is 54.7 Å². The number of aliphatic carboxylic acids is 1. The van der Waals surface area contributed by atoms with Crippen molar-refractivity contribution in [1.29, 1.82) is 0 Å². The molecule has 1 aliphatic rings. The Hall–Kier alpha value is -3.36. The Kier molecular flexibility index (Phi) is 7.49. The molecule has 1 saturated heterocycles. The van der Waals surface area contributed by atoms with E-state index in [0.717, 1.165) is 35.1 Å². The normalized spacial score (nSPS) is 15.8. The van der Waals surface area contributed by atoms with E-state index in [2.05, 4.69) is 9.88 Å². The van der Waals surface area contributed by atoms with Gasteiger partial charge in [0.25, 0.3) is 0 Å². The number of aromatic nitrogens is 1. The lowest BCUT2D eigenvalue weighted by molar-refractivity contribution is -0.144. The third kappa shape index (κ3) is 5.58. The quantitative estimate of drug-likeness (QED) is 0.506. The highest BCUT2D eigenvalue weighted by atomic mass is 16.5. The van der Waals surface area contributed by atoms with Crippen LogP contribution in [-0.4, -0.2) is 83.5 Å². The average molecular weight is 465 g/mol. The van der Waals surface area contributed by atoms with Crippen LogP contribution in [0, 0.1) is 0 Å². The Labute approximate surface area is 199 Å². The second-order valence-electron chi connectivity index (χ2n) is 8.88. The van der Waals surface area contributed by atoms with Crippen LogP contribution < -0.4 is 4.74 Å². The number of benzene rings is 2. The van der Waals surface area contributed by atoms with Gasteiger partial charge in [-0.25, -0.2) is 0 Å². The molecule has 1 fully saturated rings. The lowest BCUT2D eigenvalue weighted by Crippen LogP contribution is -2.49. The van der Waals surface area contributed by atoms with Gasteiger partial charge in [-0.15, -0.1) is 0 Å². The molecule has 4 rings (SSSR count). The number of ether oxygens (including phenoxy) is 1. The zero-order chi connectivity index (χ0) is 24.1. The number of fused-ring (bicyclic) bond motifs is 1. The van der Waals surface area contributed by atoms with Crippen molar-refractivity contribution in [1.82, 2.24) is 19.7 Å². The van der Waals surface area contributed by atoms with Crippen molar-refractivity contribution < 1.29 is 19.4 Å². The van der Waals surface area contributed by atoms with Gasteiger partial charge in [-0.05, 0) is 23.8 Å². The molecule has 180 valence electrons. The summed E-state index contributed by atoms with van der Waals surface area (Å²) in [5.74, 6) is -0.0561. The highest BCUT2D eigenvalue weighted by molar-refractivity contribution is 5.90. The van der Waals surface area contributed by atoms with E-state index in [0.29, 0.717) is 38.4 Å². The number of hydrogen-bond donors (Lipinski definition) is 2. The molecule has 0 spiro atoms. The minimum Gasteiger partial charge on any atom is -0.489 e. The smallest absolute Gasteiger partial charge is 0.325 e. The molecule has 0 aliphatic carbocycles. The van der Waals surface area contributed by atoms with Crippen LogP contribution in [0.25, 0.3) is 10.9 Å². The molecule has 34 heavy (non-hydrogen) atoms. The van der Waals surface area contributed by atoms with Crippen LogP contribution in [0.2, 0.25) is 0 Å². The molecule has 1 aromatic heterocycles. The van der Waals surface area contributed by atoms with Crippen molar-refractivity contribution >= 4 is 22.8 Å². The maximum absolute atomic E-state index is 12.4. The van der Waals surface area contributed by atoms with Gasteiger partial charge in [0, 0.05) is 75.9 Å². The molecular formula is C26H32N4O4. The summed E-state index contributed by atoms with van der Waals surface area (Å²) in [6.07, 6.45) is 2.27. The number of carbonyl (C=O) groups is 2. The summed E-state index contributed by atoms with van der Waals surface area (Å²) in [6, 6.07) is 14.9. The number of carbonyl (C=O) groups excluding carboxylic acids is 1. The van der Waals surface area contributed by atoms with Gasteiger partial charge in [-0.2, -0.15) is 0 Å². The minimum atomic E-state index is -0.868. The number of aromatic amines is 1. The van der Waals surface area contributed by atoms with Crippen molar-refractivity contribution in [2.75, 3.05) is 46.8 Å². The molecule has 0 saturated carbocycles. The van der Waals surface area contributed by atoms with Crippen molar-refractivity contribution in [3.8, 4) is 5.75 Å². The number of amides is 1. The highest BCUT2D eigenvalue weighted by Crippen LogP contribution is 2.32. The first-order valence-corrected chi connectivity index (χ1v) is 11.6. The molecule has 1 aliphatic heterocycles. The van der Waals surface area contributed by atoms with Crippen LogP contribution >= 0.6 is 0 Å². The molecule has 2 heterocycles. The molecule has 1 amide bonds. The van der Waals surface area contributed by atoms with E-state index < -0.39 is 12.0 Å². The Morgan fingerprint density at radius 3 is 2.50 bits per heavy atom. The Balaban J connectivity index is 1.45. The molecule has 2 N–H and O–H groups in total. The van der Waals surface area contributed by atoms with Crippen LogP contribution in [0.3, 0.4) is 0 Å². The Morgan fingerprint density at radius 2 is 1.82 bits per heavy atom. The number of H-pyrrole nitrogens is 1. The first kappa shape index (κ1) is 23.8.